The molecular weight excluding hydrogens is 480 g/mol. The van der Waals surface area contributed by atoms with E-state index in [1.54, 1.807) is 19.9 Å². The molecule has 0 spiro atoms. The van der Waals surface area contributed by atoms with Crippen molar-refractivity contribution in [3.8, 4) is 22.9 Å². The molecular formula is C28H29F2N3O4. The van der Waals surface area contributed by atoms with Crippen LogP contribution in [0.15, 0.2) is 30.6 Å². The number of aromatic nitrogens is 3. The zero-order valence-electron chi connectivity index (χ0n) is 21.0. The van der Waals surface area contributed by atoms with Gasteiger partial charge in [-0.25, -0.2) is 13.8 Å². The van der Waals surface area contributed by atoms with Crippen LogP contribution in [-0.2, 0) is 11.2 Å². The topological polar surface area (TPSA) is 94.4 Å². The molecule has 3 heterocycles. The van der Waals surface area contributed by atoms with Crippen LogP contribution in [0.25, 0.3) is 11.3 Å². The highest BCUT2D eigenvalue weighted by molar-refractivity contribution is 5.71. The highest BCUT2D eigenvalue weighted by Crippen LogP contribution is 2.49. The number of hydrogen-bond acceptors (Lipinski definition) is 6. The van der Waals surface area contributed by atoms with Gasteiger partial charge in [0.2, 0.25) is 5.88 Å². The van der Waals surface area contributed by atoms with Crippen molar-refractivity contribution in [2.75, 3.05) is 6.61 Å². The van der Waals surface area contributed by atoms with Crippen LogP contribution in [0.2, 0.25) is 0 Å². The van der Waals surface area contributed by atoms with E-state index in [0.29, 0.717) is 48.0 Å². The molecule has 0 amide bonds. The highest BCUT2D eigenvalue weighted by Gasteiger charge is 2.41. The van der Waals surface area contributed by atoms with Crippen LogP contribution in [0, 0.1) is 30.4 Å². The van der Waals surface area contributed by atoms with E-state index in [2.05, 4.69) is 15.0 Å². The van der Waals surface area contributed by atoms with E-state index in [1.165, 1.54) is 12.3 Å². The number of aryl methyl sites for hydroxylation is 2. The van der Waals surface area contributed by atoms with E-state index in [1.807, 2.05) is 13.0 Å². The monoisotopic (exact) mass is 509 g/mol. The number of carboxylic acid groups (broad SMARTS) is 1. The van der Waals surface area contributed by atoms with Crippen molar-refractivity contribution in [3.63, 3.8) is 0 Å². The van der Waals surface area contributed by atoms with Crippen molar-refractivity contribution in [2.24, 2.45) is 11.8 Å². The molecule has 3 atom stereocenters. The molecule has 1 fully saturated rings. The Morgan fingerprint density at radius 1 is 1.22 bits per heavy atom. The summed E-state index contributed by atoms with van der Waals surface area (Å²) >= 11 is 0. The van der Waals surface area contributed by atoms with Gasteiger partial charge in [0.15, 0.2) is 17.4 Å². The smallest absolute Gasteiger partial charge is 0.306 e. The molecule has 2 aliphatic rings. The number of aliphatic carboxylic acids is 1. The predicted octanol–water partition coefficient (Wildman–Crippen LogP) is 5.80. The lowest BCUT2D eigenvalue weighted by atomic mass is 9.82. The van der Waals surface area contributed by atoms with Crippen LogP contribution in [0.1, 0.15) is 67.6 Å². The van der Waals surface area contributed by atoms with E-state index < -0.39 is 35.5 Å². The van der Waals surface area contributed by atoms with Gasteiger partial charge >= 0.3 is 5.97 Å². The van der Waals surface area contributed by atoms with Gasteiger partial charge in [0.1, 0.15) is 6.10 Å². The maximum absolute atomic E-state index is 15.8. The molecule has 3 aromatic rings. The molecule has 2 aromatic heterocycles. The second kappa shape index (κ2) is 10.0. The molecule has 0 bridgehead atoms. The minimum absolute atomic E-state index is 0.155. The quantitative estimate of drug-likeness (QED) is 0.410. The van der Waals surface area contributed by atoms with Gasteiger partial charge in [0, 0.05) is 17.5 Å². The fraction of sp³-hybridized carbons (Fsp3) is 0.429. The Morgan fingerprint density at radius 2 is 2.00 bits per heavy atom. The Balaban J connectivity index is 1.43. The van der Waals surface area contributed by atoms with E-state index in [-0.39, 0.29) is 17.2 Å². The number of rotatable bonds is 8. The third-order valence-corrected chi connectivity index (χ3v) is 7.23. The first-order chi connectivity index (χ1) is 17.8. The fourth-order valence-corrected chi connectivity index (χ4v) is 5.18. The van der Waals surface area contributed by atoms with Crippen molar-refractivity contribution >= 4 is 5.97 Å². The summed E-state index contributed by atoms with van der Waals surface area (Å²) in [6.45, 7) is 5.58. The first-order valence-corrected chi connectivity index (χ1v) is 12.6. The zero-order valence-corrected chi connectivity index (χ0v) is 21.0. The number of pyridine rings is 1. The zero-order chi connectivity index (χ0) is 26.3. The molecule has 1 aliphatic heterocycles. The van der Waals surface area contributed by atoms with Gasteiger partial charge in [-0.05, 0) is 56.6 Å². The van der Waals surface area contributed by atoms with E-state index in [4.69, 9.17) is 9.47 Å². The Kier molecular flexibility index (Phi) is 6.79. The lowest BCUT2D eigenvalue weighted by Gasteiger charge is -2.29. The third-order valence-electron chi connectivity index (χ3n) is 7.23. The summed E-state index contributed by atoms with van der Waals surface area (Å²) in [4.78, 5) is 24.7. The maximum atomic E-state index is 15.8. The van der Waals surface area contributed by atoms with Gasteiger partial charge in [0.05, 0.1) is 42.0 Å². The lowest BCUT2D eigenvalue weighted by molar-refractivity contribution is -0.142. The molecule has 9 heteroatoms. The number of carbonyl (C=O) groups is 1. The van der Waals surface area contributed by atoms with Crippen LogP contribution < -0.4 is 9.47 Å². The van der Waals surface area contributed by atoms with Crippen molar-refractivity contribution < 1.29 is 28.2 Å². The Labute approximate surface area is 213 Å². The molecule has 37 heavy (non-hydrogen) atoms. The highest BCUT2D eigenvalue weighted by atomic mass is 19.1. The van der Waals surface area contributed by atoms with Crippen LogP contribution in [0.4, 0.5) is 8.78 Å². The van der Waals surface area contributed by atoms with Gasteiger partial charge in [-0.2, -0.15) is 0 Å². The average Bonchev–Trinajstić information content (AvgIpc) is 3.72. The first kappa shape index (κ1) is 25.0. The molecule has 0 saturated heterocycles. The summed E-state index contributed by atoms with van der Waals surface area (Å²) in [5.41, 5.74) is 2.77. The Morgan fingerprint density at radius 3 is 2.68 bits per heavy atom. The summed E-state index contributed by atoms with van der Waals surface area (Å²) < 4.78 is 41.8. The Bertz CT molecular complexity index is 1350. The van der Waals surface area contributed by atoms with E-state index in [9.17, 15) is 14.3 Å². The van der Waals surface area contributed by atoms with Crippen LogP contribution >= 0.6 is 0 Å². The predicted molar refractivity (Wildman–Crippen MR) is 131 cm³/mol. The van der Waals surface area contributed by atoms with Gasteiger partial charge < -0.3 is 14.6 Å². The largest absolute Gasteiger partial charge is 0.481 e. The first-order valence-electron chi connectivity index (χ1n) is 12.6. The minimum Gasteiger partial charge on any atom is -0.481 e. The summed E-state index contributed by atoms with van der Waals surface area (Å²) in [5.74, 6) is -2.44. The molecule has 1 aliphatic carbocycles. The van der Waals surface area contributed by atoms with E-state index in [0.717, 1.165) is 24.6 Å². The standard InChI is InChI=1S/C28H29F2N3O4/c1-4-36-23-11-19(20(29)12-31-23)26-15(3)33-21(13-32-26)22-10-8-17-7-9-18(25(30)27(17)37-22)24(16-5-6-16)14(2)28(34)35/h7,9,11-14,16,22,24H,4-6,8,10H2,1-3H3,(H,34,35)/t14-,22+,24?/m0/s1. The van der Waals surface area contributed by atoms with Gasteiger partial charge in [0.25, 0.3) is 0 Å². The average molecular weight is 510 g/mol. The molecule has 1 saturated carbocycles. The van der Waals surface area contributed by atoms with Crippen LogP contribution in [0.3, 0.4) is 0 Å². The van der Waals surface area contributed by atoms with Crippen molar-refractivity contribution in [1.82, 2.24) is 15.0 Å². The number of ether oxygens (including phenoxy) is 2. The summed E-state index contributed by atoms with van der Waals surface area (Å²) in [6, 6.07) is 5.06. The van der Waals surface area contributed by atoms with Crippen molar-refractivity contribution in [2.45, 2.75) is 58.5 Å². The summed E-state index contributed by atoms with van der Waals surface area (Å²) in [5, 5.41) is 9.60. The minimum atomic E-state index is -0.933. The number of carboxylic acids is 1. The second-order valence-electron chi connectivity index (χ2n) is 9.76. The second-order valence-corrected chi connectivity index (χ2v) is 9.76. The molecule has 194 valence electrons. The number of nitrogens with zero attached hydrogens (tertiary/aromatic N) is 3. The molecule has 1 unspecified atom stereocenters. The maximum Gasteiger partial charge on any atom is 0.306 e. The van der Waals surface area contributed by atoms with Gasteiger partial charge in [-0.15, -0.1) is 0 Å². The van der Waals surface area contributed by atoms with Crippen LogP contribution in [-0.4, -0.2) is 32.6 Å². The molecule has 0 radical (unpaired) electrons. The fourth-order valence-electron chi connectivity index (χ4n) is 5.18. The van der Waals surface area contributed by atoms with Gasteiger partial charge in [-0.1, -0.05) is 19.1 Å². The SMILES string of the molecule is CCOc1cc(-c2ncc([C@H]3CCc4ccc(C(C5CC5)[C@H](C)C(=O)O)c(F)c4O3)nc2C)c(F)cn1. The molecule has 5 rings (SSSR count). The van der Waals surface area contributed by atoms with Crippen LogP contribution in [0.5, 0.6) is 11.6 Å². The summed E-state index contributed by atoms with van der Waals surface area (Å²) in [6.07, 6.45) is 5.04. The number of hydrogen-bond donors (Lipinski definition) is 1. The number of benzene rings is 1. The van der Waals surface area contributed by atoms with E-state index >= 15 is 4.39 Å². The Hall–Kier alpha value is -3.62. The van der Waals surface area contributed by atoms with Crippen molar-refractivity contribution in [1.29, 1.82) is 0 Å². The number of fused-ring (bicyclic) bond motifs is 1. The molecule has 1 aromatic carbocycles. The van der Waals surface area contributed by atoms with Crippen molar-refractivity contribution in [3.05, 3.63) is 64.7 Å². The van der Waals surface area contributed by atoms with Gasteiger partial charge in [-0.3, -0.25) is 14.8 Å². The molecule has 1 N–H and O–H groups in total. The number of halogens is 2. The lowest BCUT2D eigenvalue weighted by Crippen LogP contribution is -2.23. The third kappa shape index (κ3) is 4.86. The normalized spacial score (nSPS) is 18.5. The summed E-state index contributed by atoms with van der Waals surface area (Å²) in [7, 11) is 0. The molecule has 7 nitrogen and oxygen atoms in total.